The van der Waals surface area contributed by atoms with Gasteiger partial charge in [0.05, 0.1) is 15.9 Å². The zero-order valence-electron chi connectivity index (χ0n) is 18.8. The summed E-state index contributed by atoms with van der Waals surface area (Å²) >= 11 is 0. The lowest BCUT2D eigenvalue weighted by Crippen LogP contribution is -2.38. The first-order valence-corrected chi connectivity index (χ1v) is 13.0. The van der Waals surface area contributed by atoms with E-state index in [4.69, 9.17) is 9.72 Å². The first-order valence-electron chi connectivity index (χ1n) is 11.2. The zero-order valence-corrected chi connectivity index (χ0v) is 19.7. The molecule has 7 nitrogen and oxygen atoms in total. The predicted molar refractivity (Wildman–Crippen MR) is 131 cm³/mol. The average molecular weight is 476 g/mol. The van der Waals surface area contributed by atoms with Crippen LogP contribution in [-0.4, -0.2) is 36.7 Å². The number of para-hydroxylation sites is 3. The quantitative estimate of drug-likeness (QED) is 0.421. The molecule has 0 fully saturated rings. The fraction of sp³-hybridized carbons (Fsp3) is 0.231. The predicted octanol–water partition coefficient (Wildman–Crippen LogP) is 4.00. The fourth-order valence-electron chi connectivity index (χ4n) is 4.36. The minimum absolute atomic E-state index is 0.0721. The van der Waals surface area contributed by atoms with Gasteiger partial charge in [-0.3, -0.25) is 4.79 Å². The van der Waals surface area contributed by atoms with Gasteiger partial charge in [-0.25, -0.2) is 13.4 Å². The minimum atomic E-state index is -3.30. The van der Waals surface area contributed by atoms with Crippen molar-refractivity contribution in [3.05, 3.63) is 84.2 Å². The van der Waals surface area contributed by atoms with Gasteiger partial charge in [0.25, 0.3) is 0 Å². The molecule has 0 spiro atoms. The van der Waals surface area contributed by atoms with Crippen LogP contribution in [0.4, 0.5) is 5.69 Å². The van der Waals surface area contributed by atoms with E-state index in [9.17, 15) is 13.2 Å². The molecule has 0 N–H and O–H groups in total. The summed E-state index contributed by atoms with van der Waals surface area (Å²) in [5, 5.41) is 0. The number of ether oxygens (including phenoxy) is 1. The first-order chi connectivity index (χ1) is 16.4. The molecular formula is C26H25N3O4S. The molecule has 1 aliphatic rings. The number of imidazole rings is 1. The SMILES string of the molecule is CS(=O)(=O)c1ccc2c(c1)CCCN2C(=O)Cn1c(COc2ccccc2)nc2ccccc21. The standard InChI is InChI=1S/C26H25N3O4S/c1-34(31,32)21-13-14-23-19(16-21)8-7-15-28(23)26(30)17-29-24-12-6-5-11-22(24)27-25(29)18-33-20-9-3-2-4-10-20/h2-6,9-14,16H,7-8,15,17-18H2,1H3. The lowest BCUT2D eigenvalue weighted by atomic mass is 10.0. The van der Waals surface area contributed by atoms with Crippen molar-refractivity contribution in [1.29, 1.82) is 0 Å². The van der Waals surface area contributed by atoms with E-state index >= 15 is 0 Å². The van der Waals surface area contributed by atoms with E-state index in [1.54, 1.807) is 23.1 Å². The Hall–Kier alpha value is -3.65. The van der Waals surface area contributed by atoms with Gasteiger partial charge in [-0.05, 0) is 60.9 Å². The number of benzene rings is 3. The normalized spacial score (nSPS) is 13.6. The Morgan fingerprint density at radius 3 is 2.59 bits per heavy atom. The van der Waals surface area contributed by atoms with E-state index in [0.717, 1.165) is 40.9 Å². The highest BCUT2D eigenvalue weighted by Crippen LogP contribution is 2.30. The number of carbonyl (C=O) groups excluding carboxylic acids is 1. The van der Waals surface area contributed by atoms with Gasteiger partial charge in [0.1, 0.15) is 24.7 Å². The summed E-state index contributed by atoms with van der Waals surface area (Å²) < 4.78 is 31.8. The van der Waals surface area contributed by atoms with E-state index in [0.29, 0.717) is 12.4 Å². The molecule has 0 unspecified atom stereocenters. The number of hydrogen-bond acceptors (Lipinski definition) is 5. The van der Waals surface area contributed by atoms with E-state index in [-0.39, 0.29) is 24.0 Å². The second-order valence-electron chi connectivity index (χ2n) is 8.42. The van der Waals surface area contributed by atoms with Gasteiger partial charge in [0.2, 0.25) is 5.91 Å². The van der Waals surface area contributed by atoms with Crippen LogP contribution in [0.2, 0.25) is 0 Å². The van der Waals surface area contributed by atoms with Crippen molar-refractivity contribution in [2.24, 2.45) is 0 Å². The molecule has 0 radical (unpaired) electrons. The maximum Gasteiger partial charge on any atom is 0.246 e. The largest absolute Gasteiger partial charge is 0.486 e. The van der Waals surface area contributed by atoms with Crippen LogP contribution in [0.5, 0.6) is 5.75 Å². The number of aryl methyl sites for hydroxylation is 1. The lowest BCUT2D eigenvalue weighted by Gasteiger charge is -2.30. The van der Waals surface area contributed by atoms with Crippen LogP contribution >= 0.6 is 0 Å². The number of sulfone groups is 1. The minimum Gasteiger partial charge on any atom is -0.486 e. The van der Waals surface area contributed by atoms with Crippen LogP contribution in [0.25, 0.3) is 11.0 Å². The van der Waals surface area contributed by atoms with Crippen molar-refractivity contribution in [2.75, 3.05) is 17.7 Å². The van der Waals surface area contributed by atoms with E-state index < -0.39 is 9.84 Å². The maximum atomic E-state index is 13.5. The molecular weight excluding hydrogens is 450 g/mol. The van der Waals surface area contributed by atoms with Crippen LogP contribution in [-0.2, 0) is 34.2 Å². The highest BCUT2D eigenvalue weighted by Gasteiger charge is 2.25. The summed E-state index contributed by atoms with van der Waals surface area (Å²) in [6.45, 7) is 0.939. The molecule has 8 heteroatoms. The fourth-order valence-corrected chi connectivity index (χ4v) is 5.03. The Kier molecular flexibility index (Phi) is 5.83. The van der Waals surface area contributed by atoms with Crippen LogP contribution in [0.1, 0.15) is 17.8 Å². The summed E-state index contributed by atoms with van der Waals surface area (Å²) in [4.78, 5) is 20.2. The van der Waals surface area contributed by atoms with Crippen molar-refractivity contribution >= 4 is 32.5 Å². The third-order valence-electron chi connectivity index (χ3n) is 6.04. The summed E-state index contributed by atoms with van der Waals surface area (Å²) in [7, 11) is -3.30. The highest BCUT2D eigenvalue weighted by atomic mass is 32.2. The Labute approximate surface area is 198 Å². The molecule has 1 aliphatic heterocycles. The van der Waals surface area contributed by atoms with Crippen molar-refractivity contribution in [3.8, 4) is 5.75 Å². The van der Waals surface area contributed by atoms with E-state index in [2.05, 4.69) is 0 Å². The van der Waals surface area contributed by atoms with Gasteiger partial charge < -0.3 is 14.2 Å². The average Bonchev–Trinajstić information content (AvgIpc) is 3.19. The van der Waals surface area contributed by atoms with Gasteiger partial charge >= 0.3 is 0 Å². The third kappa shape index (κ3) is 4.41. The summed E-state index contributed by atoms with van der Waals surface area (Å²) in [5.41, 5.74) is 3.33. The molecule has 4 aromatic rings. The van der Waals surface area contributed by atoms with E-state index in [1.807, 2.05) is 59.2 Å². The van der Waals surface area contributed by atoms with Crippen molar-refractivity contribution in [2.45, 2.75) is 30.9 Å². The summed E-state index contributed by atoms with van der Waals surface area (Å²) in [6.07, 6.45) is 2.72. The van der Waals surface area contributed by atoms with E-state index in [1.165, 1.54) is 6.26 Å². The Bertz CT molecular complexity index is 1460. The van der Waals surface area contributed by atoms with Crippen LogP contribution < -0.4 is 9.64 Å². The number of aromatic nitrogens is 2. The van der Waals surface area contributed by atoms with Gasteiger partial charge in [-0.1, -0.05) is 30.3 Å². The second-order valence-corrected chi connectivity index (χ2v) is 10.4. The first kappa shape index (κ1) is 22.2. The van der Waals surface area contributed by atoms with Crippen molar-refractivity contribution in [1.82, 2.24) is 9.55 Å². The van der Waals surface area contributed by atoms with Crippen LogP contribution in [0.3, 0.4) is 0 Å². The topological polar surface area (TPSA) is 81.5 Å². The molecule has 1 aromatic heterocycles. The van der Waals surface area contributed by atoms with Gasteiger partial charge in [0, 0.05) is 18.5 Å². The maximum absolute atomic E-state index is 13.5. The van der Waals surface area contributed by atoms with Gasteiger partial charge in [-0.2, -0.15) is 0 Å². The number of rotatable bonds is 6. The van der Waals surface area contributed by atoms with Crippen LogP contribution in [0.15, 0.2) is 77.7 Å². The number of fused-ring (bicyclic) bond motifs is 2. The smallest absolute Gasteiger partial charge is 0.246 e. The molecule has 5 rings (SSSR count). The van der Waals surface area contributed by atoms with Gasteiger partial charge in [0.15, 0.2) is 9.84 Å². The molecule has 0 aliphatic carbocycles. The van der Waals surface area contributed by atoms with Gasteiger partial charge in [-0.15, -0.1) is 0 Å². The molecule has 0 bridgehead atoms. The lowest BCUT2D eigenvalue weighted by molar-refractivity contribution is -0.119. The molecule has 174 valence electrons. The Morgan fingerprint density at radius 1 is 1.03 bits per heavy atom. The molecule has 0 atom stereocenters. The molecule has 1 amide bonds. The number of anilines is 1. The molecule has 34 heavy (non-hydrogen) atoms. The number of hydrogen-bond donors (Lipinski definition) is 0. The summed E-state index contributed by atoms with van der Waals surface area (Å²) in [5.74, 6) is 1.33. The second kappa shape index (κ2) is 8.95. The summed E-state index contributed by atoms with van der Waals surface area (Å²) in [6, 6.07) is 22.2. The molecule has 0 saturated heterocycles. The van der Waals surface area contributed by atoms with Crippen LogP contribution in [0, 0.1) is 0 Å². The third-order valence-corrected chi connectivity index (χ3v) is 7.15. The monoisotopic (exact) mass is 475 g/mol. The zero-order chi connectivity index (χ0) is 23.7. The molecule has 3 aromatic carbocycles. The Morgan fingerprint density at radius 2 is 1.79 bits per heavy atom. The van der Waals surface area contributed by atoms with Crippen molar-refractivity contribution in [3.63, 3.8) is 0 Å². The number of amides is 1. The number of nitrogens with zero attached hydrogens (tertiary/aromatic N) is 3. The molecule has 0 saturated carbocycles. The number of carbonyl (C=O) groups is 1. The Balaban J connectivity index is 1.44. The van der Waals surface area contributed by atoms with Crippen molar-refractivity contribution < 1.29 is 17.9 Å². The highest BCUT2D eigenvalue weighted by molar-refractivity contribution is 7.90. The molecule has 2 heterocycles.